The summed E-state index contributed by atoms with van der Waals surface area (Å²) in [7, 11) is -1.38. The second-order valence-electron chi connectivity index (χ2n) is 3.59. The van der Waals surface area contributed by atoms with Crippen molar-refractivity contribution in [2.24, 2.45) is 5.73 Å². The van der Waals surface area contributed by atoms with E-state index in [0.717, 1.165) is 12.8 Å². The van der Waals surface area contributed by atoms with E-state index in [-0.39, 0.29) is 19.1 Å². The third kappa shape index (κ3) is 3.89. The summed E-state index contributed by atoms with van der Waals surface area (Å²) in [6, 6.07) is 0. The third-order valence-electron chi connectivity index (χ3n) is 2.40. The lowest BCUT2D eigenvalue weighted by Crippen LogP contribution is -2.32. The number of carbonyl (C=O) groups is 1. The number of hydrogen-bond donors (Lipinski definition) is 2. The lowest BCUT2D eigenvalue weighted by atomic mass is 10.3. The summed E-state index contributed by atoms with van der Waals surface area (Å²) in [5.74, 6) is -0.714. The lowest BCUT2D eigenvalue weighted by Gasteiger charge is -2.14. The van der Waals surface area contributed by atoms with Crippen LogP contribution in [0.2, 0.25) is 0 Å². The van der Waals surface area contributed by atoms with E-state index in [0.29, 0.717) is 12.4 Å². The smallest absolute Gasteiger partial charge is 0.319 e. The van der Waals surface area contributed by atoms with Crippen LogP contribution in [0.1, 0.15) is 19.3 Å². The van der Waals surface area contributed by atoms with E-state index in [2.05, 4.69) is 0 Å². The molecule has 0 spiro atoms. The molecule has 1 aliphatic heterocycles. The van der Waals surface area contributed by atoms with Crippen molar-refractivity contribution in [3.05, 3.63) is 0 Å². The van der Waals surface area contributed by atoms with Crippen LogP contribution in [0, 0.1) is 0 Å². The molecule has 0 aromatic carbocycles. The second-order valence-corrected chi connectivity index (χ2v) is 5.25. The fourth-order valence-electron chi connectivity index (χ4n) is 1.59. The zero-order valence-corrected chi connectivity index (χ0v) is 9.37. The highest BCUT2D eigenvalue weighted by molar-refractivity contribution is 7.86. The Bertz CT molecular complexity index is 240. The van der Waals surface area contributed by atoms with Crippen LogP contribution in [0.25, 0.3) is 0 Å². The van der Waals surface area contributed by atoms with Crippen LogP contribution in [-0.4, -0.2) is 45.5 Å². The fourth-order valence-corrected chi connectivity index (χ4v) is 3.08. The van der Waals surface area contributed by atoms with Crippen LogP contribution in [-0.2, 0) is 20.3 Å². The van der Waals surface area contributed by atoms with Gasteiger partial charge in [0.2, 0.25) is 0 Å². The second kappa shape index (κ2) is 6.19. The van der Waals surface area contributed by atoms with Crippen LogP contribution in [0.3, 0.4) is 0 Å². The summed E-state index contributed by atoms with van der Waals surface area (Å²) in [5.41, 5.74) is 5.28. The number of carboxylic acids is 1. The van der Waals surface area contributed by atoms with Crippen molar-refractivity contribution in [1.29, 1.82) is 0 Å². The Morgan fingerprint density at radius 1 is 1.67 bits per heavy atom. The van der Waals surface area contributed by atoms with Gasteiger partial charge in [0.15, 0.2) is 0 Å². The molecule has 0 amide bonds. The van der Waals surface area contributed by atoms with Gasteiger partial charge >= 0.3 is 5.97 Å². The first-order valence-corrected chi connectivity index (χ1v) is 6.45. The number of nitrogens with two attached hydrogens (primary N) is 1. The van der Waals surface area contributed by atoms with Gasteiger partial charge in [0.1, 0.15) is 5.25 Å². The minimum absolute atomic E-state index is 0.0366. The quantitative estimate of drug-likeness (QED) is 0.660. The van der Waals surface area contributed by atoms with Gasteiger partial charge in [0.05, 0.1) is 11.9 Å². The van der Waals surface area contributed by atoms with E-state index in [4.69, 9.17) is 15.6 Å². The molecule has 88 valence electrons. The minimum Gasteiger partial charge on any atom is -0.480 e. The first kappa shape index (κ1) is 12.6. The van der Waals surface area contributed by atoms with E-state index in [1.807, 2.05) is 0 Å². The summed E-state index contributed by atoms with van der Waals surface area (Å²) in [6.07, 6.45) is 2.07. The van der Waals surface area contributed by atoms with Crippen molar-refractivity contribution in [3.8, 4) is 0 Å². The minimum atomic E-state index is -1.38. The number of aliphatic carboxylic acids is 1. The molecule has 15 heavy (non-hydrogen) atoms. The van der Waals surface area contributed by atoms with Gasteiger partial charge in [-0.1, -0.05) is 0 Å². The average Bonchev–Trinajstić information content (AvgIpc) is 2.65. The van der Waals surface area contributed by atoms with E-state index in [9.17, 15) is 9.00 Å². The molecule has 0 radical (unpaired) electrons. The molecular weight excluding hydrogens is 218 g/mol. The molecule has 1 rings (SSSR count). The molecule has 0 aliphatic carbocycles. The highest BCUT2D eigenvalue weighted by atomic mass is 32.2. The summed E-state index contributed by atoms with van der Waals surface area (Å²) >= 11 is 0. The largest absolute Gasteiger partial charge is 0.480 e. The molecule has 0 aromatic rings. The Labute approximate surface area is 91.4 Å². The molecular formula is C9H17NO4S. The molecule has 1 heterocycles. The van der Waals surface area contributed by atoms with E-state index in [1.165, 1.54) is 0 Å². The molecule has 5 nitrogen and oxygen atoms in total. The summed E-state index contributed by atoms with van der Waals surface area (Å²) in [4.78, 5) is 10.8. The molecule has 0 aromatic heterocycles. The zero-order valence-electron chi connectivity index (χ0n) is 8.55. The molecule has 1 fully saturated rings. The number of rotatable bonds is 6. The van der Waals surface area contributed by atoms with Crippen LogP contribution in [0.5, 0.6) is 0 Å². The van der Waals surface area contributed by atoms with Crippen LogP contribution in [0.4, 0.5) is 0 Å². The Kier molecular flexibility index (Phi) is 5.21. The molecule has 0 saturated carbocycles. The van der Waals surface area contributed by atoms with Gasteiger partial charge < -0.3 is 15.6 Å². The SMILES string of the molecule is NCCC(C(=O)O)S(=O)CC1CCCO1. The van der Waals surface area contributed by atoms with Gasteiger partial charge in [-0.3, -0.25) is 9.00 Å². The predicted octanol–water partition coefficient (Wildman–Crippen LogP) is -0.284. The third-order valence-corrected chi connectivity index (χ3v) is 4.17. The van der Waals surface area contributed by atoms with E-state index >= 15 is 0 Å². The maximum Gasteiger partial charge on any atom is 0.319 e. The molecule has 3 unspecified atom stereocenters. The van der Waals surface area contributed by atoms with Crippen molar-refractivity contribution >= 4 is 16.8 Å². The predicted molar refractivity (Wildman–Crippen MR) is 57.1 cm³/mol. The summed E-state index contributed by atoms with van der Waals surface area (Å²) < 4.78 is 17.0. The number of hydrogen-bond acceptors (Lipinski definition) is 4. The maximum atomic E-state index is 11.7. The molecule has 0 bridgehead atoms. The monoisotopic (exact) mass is 235 g/mol. The zero-order chi connectivity index (χ0) is 11.3. The van der Waals surface area contributed by atoms with Gasteiger partial charge in [-0.05, 0) is 25.8 Å². The summed E-state index contributed by atoms with van der Waals surface area (Å²) in [6.45, 7) is 0.935. The first-order valence-electron chi connectivity index (χ1n) is 5.06. The van der Waals surface area contributed by atoms with Crippen LogP contribution >= 0.6 is 0 Å². The van der Waals surface area contributed by atoms with Crippen molar-refractivity contribution < 1.29 is 18.8 Å². The topological polar surface area (TPSA) is 89.6 Å². The Balaban J connectivity index is 2.44. The maximum absolute atomic E-state index is 11.7. The van der Waals surface area contributed by atoms with E-state index in [1.54, 1.807) is 0 Å². The molecule has 3 N–H and O–H groups in total. The number of carboxylic acid groups (broad SMARTS) is 1. The van der Waals surface area contributed by atoms with Gasteiger partial charge in [0, 0.05) is 17.4 Å². The average molecular weight is 235 g/mol. The van der Waals surface area contributed by atoms with Gasteiger partial charge in [-0.25, -0.2) is 0 Å². The van der Waals surface area contributed by atoms with E-state index < -0.39 is 22.0 Å². The standard InChI is InChI=1S/C9H17NO4S/c10-4-3-8(9(11)12)15(13)6-7-2-1-5-14-7/h7-8H,1-6,10H2,(H,11,12). The highest BCUT2D eigenvalue weighted by Crippen LogP contribution is 2.15. The van der Waals surface area contributed by atoms with Gasteiger partial charge in [0.25, 0.3) is 0 Å². The van der Waals surface area contributed by atoms with Crippen molar-refractivity contribution in [2.45, 2.75) is 30.6 Å². The van der Waals surface area contributed by atoms with Crippen molar-refractivity contribution in [1.82, 2.24) is 0 Å². The Morgan fingerprint density at radius 2 is 2.40 bits per heavy atom. The van der Waals surface area contributed by atoms with Gasteiger partial charge in [-0.15, -0.1) is 0 Å². The van der Waals surface area contributed by atoms with Crippen molar-refractivity contribution in [3.63, 3.8) is 0 Å². The van der Waals surface area contributed by atoms with Gasteiger partial charge in [-0.2, -0.15) is 0 Å². The molecule has 3 atom stereocenters. The Morgan fingerprint density at radius 3 is 2.87 bits per heavy atom. The number of ether oxygens (including phenoxy) is 1. The molecule has 1 saturated heterocycles. The highest BCUT2D eigenvalue weighted by Gasteiger charge is 2.27. The van der Waals surface area contributed by atoms with Crippen molar-refractivity contribution in [2.75, 3.05) is 18.9 Å². The first-order chi connectivity index (χ1) is 7.15. The molecule has 6 heteroatoms. The van der Waals surface area contributed by atoms with Crippen LogP contribution in [0.15, 0.2) is 0 Å². The van der Waals surface area contributed by atoms with Crippen LogP contribution < -0.4 is 5.73 Å². The molecule has 1 aliphatic rings. The fraction of sp³-hybridized carbons (Fsp3) is 0.889. The normalized spacial score (nSPS) is 25.0. The lowest BCUT2D eigenvalue weighted by molar-refractivity contribution is -0.136. The summed E-state index contributed by atoms with van der Waals surface area (Å²) in [5, 5.41) is 8.01. The Hall–Kier alpha value is -0.460.